The van der Waals surface area contributed by atoms with Crippen LogP contribution in [0.15, 0.2) is 15.1 Å². The molecule has 9 heteroatoms. The van der Waals surface area contributed by atoms with Gasteiger partial charge in [0.05, 0.1) is 10.0 Å². The number of halogens is 7. The third-order valence-electron chi connectivity index (χ3n) is 1.37. The van der Waals surface area contributed by atoms with Gasteiger partial charge in [-0.1, -0.05) is 0 Å². The summed E-state index contributed by atoms with van der Waals surface area (Å²) < 4.78 is 63.9. The zero-order valence-corrected chi connectivity index (χ0v) is 10.3. The van der Waals surface area contributed by atoms with E-state index in [1.54, 1.807) is 0 Å². The number of hydrogen-bond acceptors (Lipinski definition) is 2. The van der Waals surface area contributed by atoms with Crippen molar-refractivity contribution in [2.75, 3.05) is 0 Å². The Labute approximate surface area is 103 Å². The predicted molar refractivity (Wildman–Crippen MR) is 51.3 cm³/mol. The highest BCUT2D eigenvalue weighted by molar-refractivity contribution is 9.13. The van der Waals surface area contributed by atoms with Crippen LogP contribution in [0.5, 0.6) is 5.88 Å². The van der Waals surface area contributed by atoms with E-state index in [4.69, 9.17) is 0 Å². The number of hydrogen-bond donors (Lipinski definition) is 0. The molecule has 0 aliphatic rings. The van der Waals surface area contributed by atoms with Crippen LogP contribution in [-0.4, -0.2) is 11.3 Å². The Morgan fingerprint density at radius 3 is 2.25 bits per heavy atom. The lowest BCUT2D eigenvalue weighted by atomic mass is 10.3. The van der Waals surface area contributed by atoms with Gasteiger partial charge in [0.2, 0.25) is 5.88 Å². The first-order valence-corrected chi connectivity index (χ1v) is 5.19. The van der Waals surface area contributed by atoms with Crippen molar-refractivity contribution in [3.8, 4) is 5.88 Å². The first-order chi connectivity index (χ1) is 7.20. The second-order valence-electron chi connectivity index (χ2n) is 2.50. The number of rotatable bonds is 2. The van der Waals surface area contributed by atoms with E-state index in [2.05, 4.69) is 41.6 Å². The standard InChI is InChI=1S/C7H2Br2F5NO/c8-3-1-2(5(10)11)6(15-4(3)9)16-7(12,13)14/h1,5H. The highest BCUT2D eigenvalue weighted by Crippen LogP contribution is 2.35. The van der Waals surface area contributed by atoms with Gasteiger partial charge in [-0.3, -0.25) is 0 Å². The van der Waals surface area contributed by atoms with Gasteiger partial charge in [-0.2, -0.15) is 0 Å². The smallest absolute Gasteiger partial charge is 0.387 e. The van der Waals surface area contributed by atoms with Gasteiger partial charge in [-0.25, -0.2) is 13.8 Å². The molecule has 0 aliphatic carbocycles. The summed E-state index contributed by atoms with van der Waals surface area (Å²) in [5, 5.41) is 0. The van der Waals surface area contributed by atoms with Gasteiger partial charge in [-0.05, 0) is 37.9 Å². The topological polar surface area (TPSA) is 22.1 Å². The van der Waals surface area contributed by atoms with Crippen molar-refractivity contribution < 1.29 is 26.7 Å². The SMILES string of the molecule is FC(F)c1cc(Br)c(Br)nc1OC(F)(F)F. The first-order valence-electron chi connectivity index (χ1n) is 3.60. The van der Waals surface area contributed by atoms with E-state index < -0.39 is 24.2 Å². The molecule has 0 N–H and O–H groups in total. The van der Waals surface area contributed by atoms with Crippen LogP contribution in [0.25, 0.3) is 0 Å². The second kappa shape index (κ2) is 4.82. The summed E-state index contributed by atoms with van der Waals surface area (Å²) >= 11 is 5.64. The Balaban J connectivity index is 3.20. The minimum Gasteiger partial charge on any atom is -0.387 e. The van der Waals surface area contributed by atoms with Gasteiger partial charge in [-0.15, -0.1) is 13.2 Å². The maximum absolute atomic E-state index is 12.4. The molecule has 0 atom stereocenters. The van der Waals surface area contributed by atoms with Crippen LogP contribution in [0.2, 0.25) is 0 Å². The molecule has 1 heterocycles. The zero-order chi connectivity index (χ0) is 12.5. The largest absolute Gasteiger partial charge is 0.574 e. The summed E-state index contributed by atoms with van der Waals surface area (Å²) in [5.41, 5.74) is -0.938. The van der Waals surface area contributed by atoms with E-state index in [0.717, 1.165) is 6.07 Å². The van der Waals surface area contributed by atoms with E-state index in [0.29, 0.717) is 0 Å². The van der Waals surface area contributed by atoms with Gasteiger partial charge in [0.15, 0.2) is 0 Å². The molecule has 90 valence electrons. The second-order valence-corrected chi connectivity index (χ2v) is 4.11. The molecule has 0 radical (unpaired) electrons. The van der Waals surface area contributed by atoms with Crippen molar-refractivity contribution in [3.63, 3.8) is 0 Å². The van der Waals surface area contributed by atoms with Crippen LogP contribution in [0.1, 0.15) is 12.0 Å². The summed E-state index contributed by atoms with van der Waals surface area (Å²) in [4.78, 5) is 3.23. The Bertz CT molecular complexity index is 395. The van der Waals surface area contributed by atoms with Crippen molar-refractivity contribution >= 4 is 31.9 Å². The van der Waals surface area contributed by atoms with Crippen LogP contribution >= 0.6 is 31.9 Å². The molecule has 0 bridgehead atoms. The van der Waals surface area contributed by atoms with Gasteiger partial charge in [0.25, 0.3) is 6.43 Å². The molecule has 0 saturated carbocycles. The van der Waals surface area contributed by atoms with Crippen molar-refractivity contribution in [1.82, 2.24) is 4.98 Å². The number of alkyl halides is 5. The average Bonchev–Trinajstić information content (AvgIpc) is 2.07. The monoisotopic (exact) mass is 369 g/mol. The van der Waals surface area contributed by atoms with Gasteiger partial charge < -0.3 is 4.74 Å². The van der Waals surface area contributed by atoms with E-state index in [9.17, 15) is 22.0 Å². The molecule has 0 unspecified atom stereocenters. The van der Waals surface area contributed by atoms with Crippen molar-refractivity contribution in [3.05, 3.63) is 20.7 Å². The third kappa shape index (κ3) is 3.55. The Morgan fingerprint density at radius 1 is 1.25 bits per heavy atom. The molecule has 1 aromatic heterocycles. The Kier molecular flexibility index (Phi) is 4.11. The fourth-order valence-electron chi connectivity index (χ4n) is 0.813. The molecular formula is C7H2Br2F5NO. The van der Waals surface area contributed by atoms with E-state index >= 15 is 0 Å². The Hall–Kier alpha value is -0.440. The van der Waals surface area contributed by atoms with E-state index in [1.165, 1.54) is 0 Å². The van der Waals surface area contributed by atoms with Gasteiger partial charge in [0.1, 0.15) is 4.60 Å². The minimum atomic E-state index is -5.07. The maximum atomic E-state index is 12.4. The molecule has 0 amide bonds. The third-order valence-corrected chi connectivity index (χ3v) is 3.11. The molecule has 1 rings (SSSR count). The zero-order valence-electron chi connectivity index (χ0n) is 7.16. The molecule has 0 aliphatic heterocycles. The lowest BCUT2D eigenvalue weighted by Gasteiger charge is -2.12. The summed E-state index contributed by atoms with van der Waals surface area (Å²) in [6, 6.07) is 0.808. The quantitative estimate of drug-likeness (QED) is 0.567. The van der Waals surface area contributed by atoms with E-state index in [-0.39, 0.29) is 9.08 Å². The van der Waals surface area contributed by atoms with Crippen LogP contribution in [0.4, 0.5) is 22.0 Å². The minimum absolute atomic E-state index is 0.0591. The molecule has 0 spiro atoms. The molecule has 2 nitrogen and oxygen atoms in total. The first kappa shape index (κ1) is 13.6. The van der Waals surface area contributed by atoms with Crippen molar-refractivity contribution in [2.45, 2.75) is 12.8 Å². The molecule has 1 aromatic rings. The van der Waals surface area contributed by atoms with Crippen LogP contribution in [-0.2, 0) is 0 Å². The van der Waals surface area contributed by atoms with E-state index in [1.807, 2.05) is 0 Å². The number of ether oxygens (including phenoxy) is 1. The number of nitrogens with zero attached hydrogens (tertiary/aromatic N) is 1. The Morgan fingerprint density at radius 2 is 1.81 bits per heavy atom. The lowest BCUT2D eigenvalue weighted by molar-refractivity contribution is -0.276. The van der Waals surface area contributed by atoms with Gasteiger partial charge in [0, 0.05) is 0 Å². The molecular weight excluding hydrogens is 369 g/mol. The van der Waals surface area contributed by atoms with Crippen LogP contribution in [0.3, 0.4) is 0 Å². The van der Waals surface area contributed by atoms with Crippen molar-refractivity contribution in [2.24, 2.45) is 0 Å². The summed E-state index contributed by atoms with van der Waals surface area (Å²) in [6.07, 6.45) is -8.18. The summed E-state index contributed by atoms with van der Waals surface area (Å²) in [7, 11) is 0. The fraction of sp³-hybridized carbons (Fsp3) is 0.286. The lowest BCUT2D eigenvalue weighted by Crippen LogP contribution is -2.19. The molecule has 0 aromatic carbocycles. The normalized spacial score (nSPS) is 12.0. The number of pyridine rings is 1. The molecule has 16 heavy (non-hydrogen) atoms. The average molecular weight is 371 g/mol. The summed E-state index contributed by atoms with van der Waals surface area (Å²) in [6.45, 7) is 0. The summed E-state index contributed by atoms with van der Waals surface area (Å²) in [5.74, 6) is -1.17. The highest BCUT2D eigenvalue weighted by atomic mass is 79.9. The predicted octanol–water partition coefficient (Wildman–Crippen LogP) is 4.44. The maximum Gasteiger partial charge on any atom is 0.574 e. The molecule has 0 saturated heterocycles. The van der Waals surface area contributed by atoms with Crippen molar-refractivity contribution in [1.29, 1.82) is 0 Å². The molecule has 0 fully saturated rings. The highest BCUT2D eigenvalue weighted by Gasteiger charge is 2.34. The fourth-order valence-corrected chi connectivity index (χ4v) is 1.42. The number of aromatic nitrogens is 1. The van der Waals surface area contributed by atoms with Crippen LogP contribution in [0, 0.1) is 0 Å². The van der Waals surface area contributed by atoms with Gasteiger partial charge >= 0.3 is 6.36 Å². The van der Waals surface area contributed by atoms with Crippen LogP contribution < -0.4 is 4.74 Å².